The van der Waals surface area contributed by atoms with Gasteiger partial charge in [-0.3, -0.25) is 9.69 Å². The number of sulfone groups is 1. The molecule has 2 rings (SSSR count). The normalized spacial score (nSPS) is 33.6. The van der Waals surface area contributed by atoms with Crippen molar-refractivity contribution < 1.29 is 18.3 Å². The Bertz CT molecular complexity index is 423. The molecule has 2 atom stereocenters. The van der Waals surface area contributed by atoms with E-state index < -0.39 is 15.8 Å². The lowest BCUT2D eigenvalue weighted by Crippen LogP contribution is -2.54. The van der Waals surface area contributed by atoms with Crippen molar-refractivity contribution in [2.75, 3.05) is 38.2 Å². The first-order chi connectivity index (χ1) is 8.37. The van der Waals surface area contributed by atoms with E-state index in [2.05, 4.69) is 9.80 Å². The summed E-state index contributed by atoms with van der Waals surface area (Å²) in [5, 5.41) is 8.92. The Kier molecular flexibility index (Phi) is 3.93. The summed E-state index contributed by atoms with van der Waals surface area (Å²) in [5.74, 6) is -0.781. The van der Waals surface area contributed by atoms with E-state index in [1.165, 1.54) is 0 Å². The molecule has 18 heavy (non-hydrogen) atoms. The Morgan fingerprint density at radius 2 is 2.11 bits per heavy atom. The third-order valence-corrected chi connectivity index (χ3v) is 5.52. The molecule has 2 fully saturated rings. The third-order valence-electron chi connectivity index (χ3n) is 3.82. The van der Waals surface area contributed by atoms with Crippen molar-refractivity contribution in [1.29, 1.82) is 0 Å². The van der Waals surface area contributed by atoms with Gasteiger partial charge in [0.2, 0.25) is 0 Å². The average molecular weight is 276 g/mol. The fourth-order valence-corrected chi connectivity index (χ4v) is 4.49. The van der Waals surface area contributed by atoms with Gasteiger partial charge in [0.15, 0.2) is 9.84 Å². The summed E-state index contributed by atoms with van der Waals surface area (Å²) in [6.07, 6.45) is 0.909. The van der Waals surface area contributed by atoms with E-state index in [1.54, 1.807) is 0 Å². The fraction of sp³-hybridized carbons (Fsp3) is 0.909. The molecule has 2 aliphatic rings. The van der Waals surface area contributed by atoms with Gasteiger partial charge < -0.3 is 10.0 Å². The molecule has 0 saturated carbocycles. The minimum Gasteiger partial charge on any atom is -0.481 e. The molecule has 6 nitrogen and oxygen atoms in total. The van der Waals surface area contributed by atoms with E-state index in [0.29, 0.717) is 12.6 Å². The van der Waals surface area contributed by atoms with E-state index in [4.69, 9.17) is 5.11 Å². The van der Waals surface area contributed by atoms with Gasteiger partial charge in [0.1, 0.15) is 0 Å². The van der Waals surface area contributed by atoms with Gasteiger partial charge in [-0.15, -0.1) is 0 Å². The zero-order valence-corrected chi connectivity index (χ0v) is 11.4. The van der Waals surface area contributed by atoms with Gasteiger partial charge in [-0.2, -0.15) is 0 Å². The Morgan fingerprint density at radius 1 is 1.39 bits per heavy atom. The Labute approximate surface area is 107 Å². The van der Waals surface area contributed by atoms with Crippen molar-refractivity contribution in [2.24, 2.45) is 0 Å². The Morgan fingerprint density at radius 3 is 2.67 bits per heavy atom. The molecular formula is C11H20N2O4S. The summed E-state index contributed by atoms with van der Waals surface area (Å²) in [4.78, 5) is 15.2. The fourth-order valence-electron chi connectivity index (χ4n) is 2.94. The first-order valence-electron chi connectivity index (χ1n) is 6.24. The standard InChI is InChI=1S/C11H20N2O4S/c1-12-3-2-9(7-12)13-4-5-18(16,17)8-10(13)6-11(14)15/h9-10H,2-8H2,1H3,(H,14,15). The molecule has 0 aromatic carbocycles. The van der Waals surface area contributed by atoms with Gasteiger partial charge in [0.05, 0.1) is 17.9 Å². The molecular weight excluding hydrogens is 256 g/mol. The van der Waals surface area contributed by atoms with E-state index in [-0.39, 0.29) is 24.0 Å². The summed E-state index contributed by atoms with van der Waals surface area (Å²) in [6.45, 7) is 2.36. The number of likely N-dealkylation sites (N-methyl/N-ethyl adjacent to an activating group) is 1. The van der Waals surface area contributed by atoms with Crippen molar-refractivity contribution in [3.05, 3.63) is 0 Å². The maximum Gasteiger partial charge on any atom is 0.304 e. The highest BCUT2D eigenvalue weighted by atomic mass is 32.2. The number of hydrogen-bond acceptors (Lipinski definition) is 5. The molecule has 0 spiro atoms. The van der Waals surface area contributed by atoms with Crippen LogP contribution < -0.4 is 0 Å². The van der Waals surface area contributed by atoms with Gasteiger partial charge in [-0.25, -0.2) is 8.42 Å². The van der Waals surface area contributed by atoms with E-state index in [0.717, 1.165) is 19.5 Å². The first kappa shape index (κ1) is 13.8. The first-order valence-corrected chi connectivity index (χ1v) is 8.06. The molecule has 0 aliphatic carbocycles. The second kappa shape index (κ2) is 5.14. The number of aliphatic carboxylic acids is 1. The summed E-state index contributed by atoms with van der Waals surface area (Å²) >= 11 is 0. The number of carbonyl (C=O) groups is 1. The van der Waals surface area contributed by atoms with Crippen LogP contribution in [0.25, 0.3) is 0 Å². The maximum atomic E-state index is 11.6. The highest BCUT2D eigenvalue weighted by molar-refractivity contribution is 7.91. The lowest BCUT2D eigenvalue weighted by atomic mass is 10.1. The van der Waals surface area contributed by atoms with Crippen LogP contribution in [0.3, 0.4) is 0 Å². The van der Waals surface area contributed by atoms with Crippen LogP contribution in [0.1, 0.15) is 12.8 Å². The topological polar surface area (TPSA) is 77.9 Å². The largest absolute Gasteiger partial charge is 0.481 e. The molecule has 7 heteroatoms. The molecule has 0 radical (unpaired) electrons. The summed E-state index contributed by atoms with van der Waals surface area (Å²) < 4.78 is 23.3. The maximum absolute atomic E-state index is 11.6. The zero-order valence-electron chi connectivity index (χ0n) is 10.6. The molecule has 1 N–H and O–H groups in total. The molecule has 0 aromatic rings. The number of likely N-dealkylation sites (tertiary alicyclic amines) is 1. The van der Waals surface area contributed by atoms with Gasteiger partial charge in [-0.05, 0) is 20.0 Å². The van der Waals surface area contributed by atoms with Crippen molar-refractivity contribution in [3.8, 4) is 0 Å². The Hall–Kier alpha value is -0.660. The minimum atomic E-state index is -3.07. The lowest BCUT2D eigenvalue weighted by Gasteiger charge is -2.38. The van der Waals surface area contributed by atoms with Crippen LogP contribution in [0.15, 0.2) is 0 Å². The molecule has 2 heterocycles. The molecule has 2 saturated heterocycles. The predicted octanol–water partition coefficient (Wildman–Crippen LogP) is -0.736. The van der Waals surface area contributed by atoms with Crippen LogP contribution in [0.5, 0.6) is 0 Å². The number of nitrogens with zero attached hydrogens (tertiary/aromatic N) is 2. The van der Waals surface area contributed by atoms with Crippen molar-refractivity contribution in [3.63, 3.8) is 0 Å². The number of rotatable bonds is 3. The van der Waals surface area contributed by atoms with Crippen LogP contribution >= 0.6 is 0 Å². The molecule has 2 unspecified atom stereocenters. The minimum absolute atomic E-state index is 0.0144. The molecule has 104 valence electrons. The number of carboxylic acids is 1. The molecule has 0 bridgehead atoms. The predicted molar refractivity (Wildman–Crippen MR) is 67.3 cm³/mol. The van der Waals surface area contributed by atoms with Crippen molar-refractivity contribution in [2.45, 2.75) is 24.9 Å². The Balaban J connectivity index is 2.09. The summed E-state index contributed by atoms with van der Waals surface area (Å²) in [6, 6.07) is -0.0624. The quantitative estimate of drug-likeness (QED) is 0.732. The lowest BCUT2D eigenvalue weighted by molar-refractivity contribution is -0.138. The van der Waals surface area contributed by atoms with Crippen molar-refractivity contribution >= 4 is 15.8 Å². The number of carboxylic acid groups (broad SMARTS) is 1. The van der Waals surface area contributed by atoms with Gasteiger partial charge in [-0.1, -0.05) is 0 Å². The van der Waals surface area contributed by atoms with Gasteiger partial charge in [0, 0.05) is 25.2 Å². The molecule has 2 aliphatic heterocycles. The van der Waals surface area contributed by atoms with E-state index >= 15 is 0 Å². The van der Waals surface area contributed by atoms with E-state index in [1.807, 2.05) is 7.05 Å². The second-order valence-electron chi connectivity index (χ2n) is 5.31. The summed E-state index contributed by atoms with van der Waals surface area (Å²) in [5.41, 5.74) is 0. The van der Waals surface area contributed by atoms with Crippen LogP contribution in [0.2, 0.25) is 0 Å². The third kappa shape index (κ3) is 3.21. The smallest absolute Gasteiger partial charge is 0.304 e. The van der Waals surface area contributed by atoms with Crippen molar-refractivity contribution in [1.82, 2.24) is 9.80 Å². The highest BCUT2D eigenvalue weighted by Gasteiger charge is 2.38. The highest BCUT2D eigenvalue weighted by Crippen LogP contribution is 2.23. The SMILES string of the molecule is CN1CCC(N2CCS(=O)(=O)CC2CC(=O)O)C1. The van der Waals surface area contributed by atoms with Gasteiger partial charge >= 0.3 is 5.97 Å². The average Bonchev–Trinajstić information content (AvgIpc) is 2.62. The molecule has 0 aromatic heterocycles. The monoisotopic (exact) mass is 276 g/mol. The summed E-state index contributed by atoms with van der Waals surface area (Å²) in [7, 11) is -1.04. The second-order valence-corrected chi connectivity index (χ2v) is 7.54. The van der Waals surface area contributed by atoms with Crippen LogP contribution in [0, 0.1) is 0 Å². The van der Waals surface area contributed by atoms with Crippen LogP contribution in [-0.4, -0.2) is 79.6 Å². The number of hydrogen-bond donors (Lipinski definition) is 1. The van der Waals surface area contributed by atoms with E-state index in [9.17, 15) is 13.2 Å². The van der Waals surface area contributed by atoms with Crippen LogP contribution in [0.4, 0.5) is 0 Å². The van der Waals surface area contributed by atoms with Crippen LogP contribution in [-0.2, 0) is 14.6 Å². The molecule has 0 amide bonds. The zero-order chi connectivity index (χ0) is 13.3. The van der Waals surface area contributed by atoms with Gasteiger partial charge in [0.25, 0.3) is 0 Å².